The van der Waals surface area contributed by atoms with Crippen LogP contribution in [0.15, 0.2) is 103 Å². The van der Waals surface area contributed by atoms with Crippen LogP contribution in [0.25, 0.3) is 0 Å². The number of carboxylic acids is 2. The van der Waals surface area contributed by atoms with Gasteiger partial charge in [-0.3, -0.25) is 0 Å². The van der Waals surface area contributed by atoms with E-state index in [1.165, 1.54) is 38.2 Å². The summed E-state index contributed by atoms with van der Waals surface area (Å²) in [5, 5.41) is 18.2. The molecule has 0 aliphatic heterocycles. The van der Waals surface area contributed by atoms with Gasteiger partial charge in [0.15, 0.2) is 0 Å². The zero-order valence-corrected chi connectivity index (χ0v) is 22.8. The summed E-state index contributed by atoms with van der Waals surface area (Å²) in [6, 6.07) is 30.3. The van der Waals surface area contributed by atoms with E-state index in [9.17, 15) is 14.7 Å². The Kier molecular flexibility index (Phi) is 12.3. The van der Waals surface area contributed by atoms with Crippen LogP contribution in [0.2, 0.25) is 0 Å². The maximum atomic E-state index is 11.3. The van der Waals surface area contributed by atoms with Gasteiger partial charge in [0, 0.05) is 0 Å². The lowest BCUT2D eigenvalue weighted by molar-refractivity contribution is 0.0683. The zero-order chi connectivity index (χ0) is 28.6. The van der Waals surface area contributed by atoms with Crippen molar-refractivity contribution in [3.05, 3.63) is 120 Å². The summed E-state index contributed by atoms with van der Waals surface area (Å²) >= 11 is 0. The van der Waals surface area contributed by atoms with Crippen molar-refractivity contribution in [1.29, 1.82) is 0 Å². The first-order chi connectivity index (χ1) is 19.5. The normalized spacial score (nSPS) is 10.2. The van der Waals surface area contributed by atoms with Crippen molar-refractivity contribution in [3.8, 4) is 23.0 Å². The molecule has 4 aromatic carbocycles. The number of hydrogen-bond acceptors (Lipinski definition) is 4. The van der Waals surface area contributed by atoms with Crippen molar-refractivity contribution < 1.29 is 29.3 Å². The number of carbonyl (C=O) groups is 2. The van der Waals surface area contributed by atoms with Gasteiger partial charge in [0.2, 0.25) is 0 Å². The van der Waals surface area contributed by atoms with E-state index in [0.717, 1.165) is 24.2 Å². The molecule has 0 aromatic heterocycles. The number of hydrogen-bond donors (Lipinski definition) is 2. The van der Waals surface area contributed by atoms with E-state index in [1.807, 2.05) is 36.4 Å². The summed E-state index contributed by atoms with van der Waals surface area (Å²) < 4.78 is 11.4. The number of benzene rings is 4. The second-order valence-electron chi connectivity index (χ2n) is 9.25. The molecule has 0 aliphatic carbocycles. The third-order valence-corrected chi connectivity index (χ3v) is 6.20. The van der Waals surface area contributed by atoms with Crippen LogP contribution in [0.3, 0.4) is 0 Å². The van der Waals surface area contributed by atoms with Crippen molar-refractivity contribution in [2.45, 2.75) is 51.9 Å². The molecule has 208 valence electrons. The first-order valence-electron chi connectivity index (χ1n) is 13.6. The zero-order valence-electron chi connectivity index (χ0n) is 22.8. The Hall–Kier alpha value is -4.58. The molecule has 0 unspecified atom stereocenters. The summed E-state index contributed by atoms with van der Waals surface area (Å²) in [7, 11) is 0. The predicted molar refractivity (Wildman–Crippen MR) is 157 cm³/mol. The number of aryl methyl sites for hydroxylation is 1. The predicted octanol–water partition coefficient (Wildman–Crippen LogP) is 9.26. The van der Waals surface area contributed by atoms with Gasteiger partial charge in [0.1, 0.15) is 34.1 Å². The second-order valence-corrected chi connectivity index (χ2v) is 9.25. The van der Waals surface area contributed by atoms with E-state index < -0.39 is 11.9 Å². The van der Waals surface area contributed by atoms with Crippen LogP contribution < -0.4 is 9.47 Å². The van der Waals surface area contributed by atoms with Gasteiger partial charge >= 0.3 is 11.9 Å². The number of carboxylic acid groups (broad SMARTS) is 2. The van der Waals surface area contributed by atoms with Crippen LogP contribution in [-0.2, 0) is 6.42 Å². The van der Waals surface area contributed by atoms with Crippen LogP contribution >= 0.6 is 0 Å². The molecule has 0 amide bonds. The highest BCUT2D eigenvalue weighted by atomic mass is 16.5. The summed E-state index contributed by atoms with van der Waals surface area (Å²) in [6.45, 7) is 2.22. The van der Waals surface area contributed by atoms with Gasteiger partial charge < -0.3 is 19.7 Å². The molecule has 2 N–H and O–H groups in total. The molecule has 6 heteroatoms. The highest BCUT2D eigenvalue weighted by Gasteiger charge is 2.13. The average molecular weight is 541 g/mol. The van der Waals surface area contributed by atoms with Crippen LogP contribution in [0.4, 0.5) is 0 Å². The second kappa shape index (κ2) is 16.4. The number of para-hydroxylation sites is 4. The molecule has 40 heavy (non-hydrogen) atoms. The molecule has 0 spiro atoms. The average Bonchev–Trinajstić information content (AvgIpc) is 2.97. The van der Waals surface area contributed by atoms with Gasteiger partial charge in [0.05, 0.1) is 0 Å². The Labute approximate surface area is 235 Å². The van der Waals surface area contributed by atoms with Crippen molar-refractivity contribution in [1.82, 2.24) is 0 Å². The van der Waals surface area contributed by atoms with E-state index in [0.29, 0.717) is 17.2 Å². The van der Waals surface area contributed by atoms with E-state index >= 15 is 0 Å². The Morgan fingerprint density at radius 2 is 1.02 bits per heavy atom. The third kappa shape index (κ3) is 9.62. The minimum atomic E-state index is -0.994. The summed E-state index contributed by atoms with van der Waals surface area (Å²) in [6.07, 6.45) is 8.47. The van der Waals surface area contributed by atoms with E-state index in [4.69, 9.17) is 14.6 Å². The topological polar surface area (TPSA) is 93.1 Å². The molecule has 0 atom stereocenters. The number of aromatic carboxylic acids is 2. The Morgan fingerprint density at radius 3 is 1.62 bits per heavy atom. The first kappa shape index (κ1) is 30.0. The highest BCUT2D eigenvalue weighted by Crippen LogP contribution is 2.29. The van der Waals surface area contributed by atoms with Crippen molar-refractivity contribution >= 4 is 11.9 Å². The first-order valence-corrected chi connectivity index (χ1v) is 13.6. The lowest BCUT2D eigenvalue weighted by Crippen LogP contribution is -2.00. The van der Waals surface area contributed by atoms with Gasteiger partial charge in [0.25, 0.3) is 0 Å². The van der Waals surface area contributed by atoms with Gasteiger partial charge in [-0.1, -0.05) is 99.7 Å². The quantitative estimate of drug-likeness (QED) is 0.164. The van der Waals surface area contributed by atoms with Crippen LogP contribution in [0.5, 0.6) is 23.0 Å². The lowest BCUT2D eigenvalue weighted by atomic mass is 10.0. The molecule has 4 rings (SSSR count). The summed E-state index contributed by atoms with van der Waals surface area (Å²) in [5.41, 5.74) is 1.48. The maximum Gasteiger partial charge on any atom is 0.339 e. The lowest BCUT2D eigenvalue weighted by Gasteiger charge is -2.12. The van der Waals surface area contributed by atoms with Gasteiger partial charge in [-0.25, -0.2) is 9.59 Å². The largest absolute Gasteiger partial charge is 0.478 e. The Balaban J connectivity index is 0.000000238. The molecule has 6 nitrogen and oxygen atoms in total. The summed E-state index contributed by atoms with van der Waals surface area (Å²) in [4.78, 5) is 22.2. The molecular formula is C34H36O6. The molecule has 4 aromatic rings. The van der Waals surface area contributed by atoms with E-state index in [2.05, 4.69) is 13.0 Å². The maximum absolute atomic E-state index is 11.3. The molecule has 0 aliphatic rings. The smallest absolute Gasteiger partial charge is 0.339 e. The molecule has 0 fully saturated rings. The molecule has 0 saturated heterocycles. The van der Waals surface area contributed by atoms with Crippen molar-refractivity contribution in [2.75, 3.05) is 0 Å². The third-order valence-electron chi connectivity index (χ3n) is 6.20. The SMILES string of the molecule is CCCCCCCCc1ccccc1Oc1ccccc1C(=O)O.O=C(O)c1ccccc1Oc1ccccc1. The fraction of sp³-hybridized carbons (Fsp3) is 0.235. The number of rotatable bonds is 13. The molecule has 0 radical (unpaired) electrons. The Morgan fingerprint density at radius 1 is 0.550 bits per heavy atom. The van der Waals surface area contributed by atoms with Gasteiger partial charge in [-0.2, -0.15) is 0 Å². The minimum absolute atomic E-state index is 0.159. The number of ether oxygens (including phenoxy) is 2. The van der Waals surface area contributed by atoms with Crippen LogP contribution in [0.1, 0.15) is 71.7 Å². The standard InChI is InChI=1S/C21H26O3.C13H10O3/c1-2-3-4-5-6-7-12-17-13-8-10-15-19(17)24-20-16-11-9-14-18(20)21(22)23;14-13(15)11-8-4-5-9-12(11)16-10-6-2-1-3-7-10/h8-11,13-16H,2-7,12H2,1H3,(H,22,23);1-9H,(H,14,15). The Bertz CT molecular complexity index is 1350. The van der Waals surface area contributed by atoms with Crippen LogP contribution in [0, 0.1) is 0 Å². The van der Waals surface area contributed by atoms with Gasteiger partial charge in [-0.15, -0.1) is 0 Å². The molecule has 0 saturated carbocycles. The summed E-state index contributed by atoms with van der Waals surface area (Å²) in [5.74, 6) is 0.142. The van der Waals surface area contributed by atoms with Crippen molar-refractivity contribution in [2.24, 2.45) is 0 Å². The molecule has 0 heterocycles. The number of unbranched alkanes of at least 4 members (excludes halogenated alkanes) is 5. The van der Waals surface area contributed by atoms with Crippen LogP contribution in [-0.4, -0.2) is 22.2 Å². The molecular weight excluding hydrogens is 504 g/mol. The minimum Gasteiger partial charge on any atom is -0.478 e. The van der Waals surface area contributed by atoms with Crippen molar-refractivity contribution in [3.63, 3.8) is 0 Å². The fourth-order valence-corrected chi connectivity index (χ4v) is 4.10. The van der Waals surface area contributed by atoms with E-state index in [1.54, 1.807) is 54.6 Å². The monoisotopic (exact) mass is 540 g/mol. The van der Waals surface area contributed by atoms with E-state index in [-0.39, 0.29) is 11.1 Å². The molecule has 0 bridgehead atoms. The highest BCUT2D eigenvalue weighted by molar-refractivity contribution is 5.91. The fourth-order valence-electron chi connectivity index (χ4n) is 4.10. The van der Waals surface area contributed by atoms with Gasteiger partial charge in [-0.05, 0) is 60.9 Å².